The highest BCUT2D eigenvalue weighted by molar-refractivity contribution is 6.31. The molecule has 1 N–H and O–H groups in total. The monoisotopic (exact) mass is 317 g/mol. The Hall–Kier alpha value is -2.20. The molecule has 5 heteroatoms. The summed E-state index contributed by atoms with van der Waals surface area (Å²) in [6.07, 6.45) is 0. The Morgan fingerprint density at radius 1 is 1.27 bits per heavy atom. The maximum Gasteiger partial charge on any atom is 0.371 e. The number of hydrogen-bond acceptors (Lipinski definition) is 2. The van der Waals surface area contributed by atoms with Crippen LogP contribution in [0, 0.1) is 0 Å². The number of rotatable bonds is 4. The molecular formula is C17H16ClNO3. The molecule has 0 atom stereocenters. The summed E-state index contributed by atoms with van der Waals surface area (Å²) >= 11 is 6.07. The van der Waals surface area contributed by atoms with Crippen molar-refractivity contribution in [3.63, 3.8) is 0 Å². The minimum absolute atomic E-state index is 0.0411. The van der Waals surface area contributed by atoms with Crippen LogP contribution in [-0.2, 0) is 6.54 Å². The lowest BCUT2D eigenvalue weighted by Gasteiger charge is -2.12. The lowest BCUT2D eigenvalue weighted by atomic mass is 10.1. The third-order valence-electron chi connectivity index (χ3n) is 3.67. The summed E-state index contributed by atoms with van der Waals surface area (Å²) in [6.45, 7) is 4.74. The van der Waals surface area contributed by atoms with Crippen LogP contribution in [0.4, 0.5) is 0 Å². The van der Waals surface area contributed by atoms with Gasteiger partial charge in [0.2, 0.25) is 5.76 Å². The first-order valence-corrected chi connectivity index (χ1v) is 7.44. The van der Waals surface area contributed by atoms with Crippen molar-refractivity contribution in [3.8, 4) is 0 Å². The van der Waals surface area contributed by atoms with Gasteiger partial charge in [-0.05, 0) is 42.3 Å². The Morgan fingerprint density at radius 3 is 2.68 bits per heavy atom. The average Bonchev–Trinajstić information content (AvgIpc) is 3.04. The lowest BCUT2D eigenvalue weighted by molar-refractivity contribution is 0.0660. The van der Waals surface area contributed by atoms with Gasteiger partial charge in [-0.2, -0.15) is 0 Å². The fraction of sp³-hybridized carbons (Fsp3) is 0.235. The van der Waals surface area contributed by atoms with Crippen LogP contribution in [0.3, 0.4) is 0 Å². The third kappa shape index (κ3) is 2.62. The van der Waals surface area contributed by atoms with Crippen molar-refractivity contribution in [1.82, 2.24) is 4.57 Å². The smallest absolute Gasteiger partial charge is 0.371 e. The number of halogens is 1. The zero-order valence-corrected chi connectivity index (χ0v) is 13.1. The summed E-state index contributed by atoms with van der Waals surface area (Å²) < 4.78 is 7.52. The second-order valence-corrected chi connectivity index (χ2v) is 6.02. The van der Waals surface area contributed by atoms with E-state index in [0.29, 0.717) is 23.2 Å². The molecule has 22 heavy (non-hydrogen) atoms. The molecule has 0 radical (unpaired) electrons. The Bertz CT molecular complexity index is 845. The molecular weight excluding hydrogens is 302 g/mol. The van der Waals surface area contributed by atoms with E-state index in [9.17, 15) is 4.79 Å². The van der Waals surface area contributed by atoms with Crippen molar-refractivity contribution in [1.29, 1.82) is 0 Å². The summed E-state index contributed by atoms with van der Waals surface area (Å²) in [5.74, 6) is -0.146. The van der Waals surface area contributed by atoms with Crippen molar-refractivity contribution in [2.75, 3.05) is 0 Å². The number of furan rings is 1. The Labute approximate surface area is 132 Å². The average molecular weight is 318 g/mol. The second kappa shape index (κ2) is 5.54. The normalized spacial score (nSPS) is 11.5. The quantitative estimate of drug-likeness (QED) is 0.755. The van der Waals surface area contributed by atoms with E-state index in [2.05, 4.69) is 24.5 Å². The molecule has 0 aliphatic carbocycles. The van der Waals surface area contributed by atoms with Crippen LogP contribution < -0.4 is 0 Å². The van der Waals surface area contributed by atoms with Gasteiger partial charge in [0, 0.05) is 21.6 Å². The molecule has 0 amide bonds. The summed E-state index contributed by atoms with van der Waals surface area (Å²) in [4.78, 5) is 10.9. The number of carboxylic acids is 1. The van der Waals surface area contributed by atoms with E-state index in [1.54, 1.807) is 6.07 Å². The number of fused-ring (bicyclic) bond motifs is 1. The fourth-order valence-corrected chi connectivity index (χ4v) is 2.83. The largest absolute Gasteiger partial charge is 0.475 e. The maximum atomic E-state index is 10.9. The number of carbonyl (C=O) groups is 1. The van der Waals surface area contributed by atoms with Crippen LogP contribution in [0.1, 0.15) is 41.8 Å². The molecule has 0 spiro atoms. The number of nitrogens with zero attached hydrogens (tertiary/aromatic N) is 1. The molecule has 3 rings (SSSR count). The first kappa shape index (κ1) is 14.7. The summed E-state index contributed by atoms with van der Waals surface area (Å²) in [5, 5.41) is 10.7. The third-order valence-corrected chi connectivity index (χ3v) is 3.91. The van der Waals surface area contributed by atoms with E-state index in [1.807, 2.05) is 18.2 Å². The molecule has 0 fully saturated rings. The van der Waals surface area contributed by atoms with Crippen LogP contribution in [-0.4, -0.2) is 15.6 Å². The molecule has 2 heterocycles. The van der Waals surface area contributed by atoms with E-state index in [-0.39, 0.29) is 5.76 Å². The van der Waals surface area contributed by atoms with Crippen LogP contribution in [0.2, 0.25) is 5.02 Å². The molecule has 3 aromatic rings. The molecule has 114 valence electrons. The Morgan fingerprint density at radius 2 is 2.05 bits per heavy atom. The number of aromatic carboxylic acids is 1. The highest BCUT2D eigenvalue weighted by Gasteiger charge is 2.15. The van der Waals surface area contributed by atoms with Crippen LogP contribution in [0.15, 0.2) is 40.8 Å². The molecule has 2 aromatic heterocycles. The molecule has 0 saturated heterocycles. The van der Waals surface area contributed by atoms with Crippen molar-refractivity contribution < 1.29 is 14.3 Å². The van der Waals surface area contributed by atoms with Gasteiger partial charge in [-0.25, -0.2) is 4.79 Å². The molecule has 0 aliphatic heterocycles. The van der Waals surface area contributed by atoms with Crippen LogP contribution >= 0.6 is 11.6 Å². The van der Waals surface area contributed by atoms with Crippen LogP contribution in [0.25, 0.3) is 10.9 Å². The van der Waals surface area contributed by atoms with Gasteiger partial charge >= 0.3 is 5.97 Å². The van der Waals surface area contributed by atoms with Gasteiger partial charge < -0.3 is 14.1 Å². The van der Waals surface area contributed by atoms with Gasteiger partial charge in [0.15, 0.2) is 0 Å². The first-order valence-electron chi connectivity index (χ1n) is 7.06. The highest BCUT2D eigenvalue weighted by atomic mass is 35.5. The summed E-state index contributed by atoms with van der Waals surface area (Å²) in [7, 11) is 0. The van der Waals surface area contributed by atoms with Crippen molar-refractivity contribution in [2.24, 2.45) is 0 Å². The number of hydrogen-bond donors (Lipinski definition) is 1. The Kier molecular flexibility index (Phi) is 3.71. The zero-order chi connectivity index (χ0) is 15.9. The number of carboxylic acid groups (broad SMARTS) is 1. The predicted molar refractivity (Wildman–Crippen MR) is 85.8 cm³/mol. The highest BCUT2D eigenvalue weighted by Crippen LogP contribution is 2.28. The minimum Gasteiger partial charge on any atom is -0.475 e. The molecule has 0 saturated carbocycles. The van der Waals surface area contributed by atoms with Gasteiger partial charge in [-0.3, -0.25) is 0 Å². The van der Waals surface area contributed by atoms with E-state index < -0.39 is 5.97 Å². The lowest BCUT2D eigenvalue weighted by Crippen LogP contribution is -2.05. The van der Waals surface area contributed by atoms with Crippen LogP contribution in [0.5, 0.6) is 0 Å². The Balaban J connectivity index is 2.07. The molecule has 0 aliphatic rings. The molecule has 0 bridgehead atoms. The summed E-state index contributed by atoms with van der Waals surface area (Å²) in [5.41, 5.74) is 2.21. The fourth-order valence-electron chi connectivity index (χ4n) is 2.65. The van der Waals surface area contributed by atoms with Crippen molar-refractivity contribution in [2.45, 2.75) is 26.3 Å². The standard InChI is InChI=1S/C17H16ClNO3/c1-10(2)15-8-11-7-12(18)3-5-14(11)19(15)9-13-4-6-16(22-13)17(20)21/h3-8,10H,9H2,1-2H3,(H,20,21). The maximum absolute atomic E-state index is 10.9. The van der Waals surface area contributed by atoms with Gasteiger partial charge in [-0.15, -0.1) is 0 Å². The molecule has 0 unspecified atom stereocenters. The number of aromatic nitrogens is 1. The van der Waals surface area contributed by atoms with Crippen molar-refractivity contribution in [3.05, 3.63) is 58.6 Å². The van der Waals surface area contributed by atoms with Gasteiger partial charge in [-0.1, -0.05) is 25.4 Å². The van der Waals surface area contributed by atoms with E-state index in [4.69, 9.17) is 21.1 Å². The second-order valence-electron chi connectivity index (χ2n) is 5.58. The number of benzene rings is 1. The SMILES string of the molecule is CC(C)c1cc2cc(Cl)ccc2n1Cc1ccc(C(=O)O)o1. The van der Waals surface area contributed by atoms with Crippen molar-refractivity contribution >= 4 is 28.5 Å². The van der Waals surface area contributed by atoms with E-state index in [1.165, 1.54) is 6.07 Å². The van der Waals surface area contributed by atoms with E-state index >= 15 is 0 Å². The van der Waals surface area contributed by atoms with Gasteiger partial charge in [0.1, 0.15) is 5.76 Å². The zero-order valence-electron chi connectivity index (χ0n) is 12.3. The molecule has 4 nitrogen and oxygen atoms in total. The topological polar surface area (TPSA) is 55.4 Å². The van der Waals surface area contributed by atoms with E-state index in [0.717, 1.165) is 16.6 Å². The first-order chi connectivity index (χ1) is 10.5. The summed E-state index contributed by atoms with van der Waals surface area (Å²) in [6, 6.07) is 11.1. The minimum atomic E-state index is -1.06. The van der Waals surface area contributed by atoms with Gasteiger partial charge in [0.05, 0.1) is 6.54 Å². The van der Waals surface area contributed by atoms with Gasteiger partial charge in [0.25, 0.3) is 0 Å². The predicted octanol–water partition coefficient (Wildman–Crippen LogP) is 4.76. The molecule has 1 aromatic carbocycles.